The van der Waals surface area contributed by atoms with Crippen molar-refractivity contribution >= 4 is 0 Å². The zero-order valence-corrected chi connectivity index (χ0v) is 14.7. The van der Waals surface area contributed by atoms with Gasteiger partial charge in [0.1, 0.15) is 0 Å². The number of fused-ring (bicyclic) bond motifs is 1. The molecule has 0 N–H and O–H groups in total. The van der Waals surface area contributed by atoms with Gasteiger partial charge in [-0.1, -0.05) is 24.3 Å². The van der Waals surface area contributed by atoms with Crippen molar-refractivity contribution in [1.82, 2.24) is 25.1 Å². The lowest BCUT2D eigenvalue weighted by Gasteiger charge is -2.24. The molecular weight excluding hydrogens is 355 g/mol. The highest BCUT2D eigenvalue weighted by Gasteiger charge is 2.30. The molecule has 1 heterocycles. The molecule has 0 saturated carbocycles. The van der Waals surface area contributed by atoms with Crippen LogP contribution in [0.5, 0.6) is 0 Å². The van der Waals surface area contributed by atoms with Crippen LogP contribution >= 0.6 is 0 Å². The summed E-state index contributed by atoms with van der Waals surface area (Å²) in [5.41, 5.74) is 2.48. The zero-order valence-electron chi connectivity index (χ0n) is 14.7. The Labute approximate surface area is 154 Å². The molecule has 0 spiro atoms. The maximum atomic E-state index is 12.8. The summed E-state index contributed by atoms with van der Waals surface area (Å²) in [4.78, 5) is 2.18. The van der Waals surface area contributed by atoms with E-state index in [0.29, 0.717) is 18.1 Å². The van der Waals surface area contributed by atoms with Crippen molar-refractivity contribution in [3.8, 4) is 5.69 Å². The van der Waals surface area contributed by atoms with Crippen molar-refractivity contribution in [3.05, 3.63) is 71.0 Å². The molecule has 27 heavy (non-hydrogen) atoms. The van der Waals surface area contributed by atoms with Crippen LogP contribution in [0.25, 0.3) is 5.69 Å². The molecule has 1 aliphatic rings. The van der Waals surface area contributed by atoms with Crippen molar-refractivity contribution in [3.63, 3.8) is 0 Å². The van der Waals surface area contributed by atoms with Gasteiger partial charge < -0.3 is 0 Å². The number of aromatic nitrogens is 4. The van der Waals surface area contributed by atoms with Gasteiger partial charge >= 0.3 is 6.18 Å². The Hall–Kier alpha value is -2.74. The van der Waals surface area contributed by atoms with E-state index in [1.807, 2.05) is 19.2 Å². The molecule has 3 aromatic rings. The maximum Gasteiger partial charge on any atom is 0.416 e. The van der Waals surface area contributed by atoms with Crippen LogP contribution in [0.3, 0.4) is 0 Å². The van der Waals surface area contributed by atoms with Crippen LogP contribution in [0, 0.1) is 0 Å². The minimum absolute atomic E-state index is 0.277. The Morgan fingerprint density at radius 3 is 2.59 bits per heavy atom. The Morgan fingerprint density at radius 2 is 1.85 bits per heavy atom. The second-order valence-corrected chi connectivity index (χ2v) is 6.72. The third-order valence-corrected chi connectivity index (χ3v) is 5.00. The van der Waals surface area contributed by atoms with Gasteiger partial charge in [0, 0.05) is 6.04 Å². The summed E-state index contributed by atoms with van der Waals surface area (Å²) in [5, 5.41) is 11.7. The van der Waals surface area contributed by atoms with Gasteiger partial charge in [-0.15, -0.1) is 5.10 Å². The molecule has 2 aromatic carbocycles. The highest BCUT2D eigenvalue weighted by Crippen LogP contribution is 2.35. The zero-order chi connectivity index (χ0) is 19.0. The molecule has 0 radical (unpaired) electrons. The number of hydrogen-bond donors (Lipinski definition) is 0. The SMILES string of the molecule is CN(Cc1nnnn1-c1ccc(C(F)(F)F)cc1)C1CCc2ccccc21. The highest BCUT2D eigenvalue weighted by molar-refractivity contribution is 5.36. The first-order valence-corrected chi connectivity index (χ1v) is 8.66. The summed E-state index contributed by atoms with van der Waals surface area (Å²) in [5.74, 6) is 0.585. The fourth-order valence-corrected chi connectivity index (χ4v) is 3.62. The van der Waals surface area contributed by atoms with E-state index in [2.05, 4.69) is 32.6 Å². The topological polar surface area (TPSA) is 46.8 Å². The van der Waals surface area contributed by atoms with Crippen LogP contribution in [-0.4, -0.2) is 32.2 Å². The summed E-state index contributed by atoms with van der Waals surface area (Å²) in [6.07, 6.45) is -2.30. The van der Waals surface area contributed by atoms with Gasteiger partial charge in [-0.3, -0.25) is 4.90 Å². The molecule has 0 aliphatic heterocycles. The fraction of sp³-hybridized carbons (Fsp3) is 0.316. The van der Waals surface area contributed by atoms with E-state index in [4.69, 9.17) is 0 Å². The normalized spacial score (nSPS) is 16.7. The lowest BCUT2D eigenvalue weighted by atomic mass is 10.1. The molecule has 4 rings (SSSR count). The first-order chi connectivity index (χ1) is 12.9. The van der Waals surface area contributed by atoms with Crippen LogP contribution < -0.4 is 0 Å². The Balaban J connectivity index is 1.54. The number of nitrogens with zero attached hydrogens (tertiary/aromatic N) is 5. The van der Waals surface area contributed by atoms with Crippen LogP contribution in [0.4, 0.5) is 13.2 Å². The fourth-order valence-electron chi connectivity index (χ4n) is 3.62. The molecule has 1 atom stereocenters. The highest BCUT2D eigenvalue weighted by atomic mass is 19.4. The van der Waals surface area contributed by atoms with Gasteiger partial charge in [-0.05, 0) is 65.7 Å². The number of alkyl halides is 3. The van der Waals surface area contributed by atoms with Crippen molar-refractivity contribution in [2.24, 2.45) is 0 Å². The van der Waals surface area contributed by atoms with E-state index in [9.17, 15) is 13.2 Å². The molecule has 5 nitrogen and oxygen atoms in total. The maximum absolute atomic E-state index is 12.8. The van der Waals surface area contributed by atoms with Gasteiger partial charge in [-0.25, -0.2) is 0 Å². The van der Waals surface area contributed by atoms with Crippen molar-refractivity contribution in [2.45, 2.75) is 31.6 Å². The smallest absolute Gasteiger partial charge is 0.292 e. The van der Waals surface area contributed by atoms with Gasteiger partial charge in [0.15, 0.2) is 5.82 Å². The minimum Gasteiger partial charge on any atom is -0.292 e. The van der Waals surface area contributed by atoms with E-state index < -0.39 is 11.7 Å². The number of halogens is 3. The summed E-state index contributed by atoms with van der Waals surface area (Å²) in [6, 6.07) is 13.5. The predicted molar refractivity (Wildman–Crippen MR) is 93.1 cm³/mol. The summed E-state index contributed by atoms with van der Waals surface area (Å²) >= 11 is 0. The number of tetrazole rings is 1. The largest absolute Gasteiger partial charge is 0.416 e. The van der Waals surface area contributed by atoms with Crippen LogP contribution in [0.1, 0.15) is 35.0 Å². The molecule has 0 fully saturated rings. The average molecular weight is 373 g/mol. The Morgan fingerprint density at radius 1 is 1.11 bits per heavy atom. The number of aryl methyl sites for hydroxylation is 1. The van der Waals surface area contributed by atoms with Gasteiger partial charge in [0.05, 0.1) is 17.8 Å². The van der Waals surface area contributed by atoms with E-state index >= 15 is 0 Å². The van der Waals surface area contributed by atoms with Gasteiger partial charge in [0.25, 0.3) is 0 Å². The molecule has 1 aliphatic carbocycles. The molecule has 0 saturated heterocycles. The van der Waals surface area contributed by atoms with E-state index in [-0.39, 0.29) is 6.04 Å². The number of benzene rings is 2. The van der Waals surface area contributed by atoms with E-state index in [1.54, 1.807) is 0 Å². The molecule has 1 aromatic heterocycles. The summed E-state index contributed by atoms with van der Waals surface area (Å²) < 4.78 is 39.7. The molecule has 1 unspecified atom stereocenters. The average Bonchev–Trinajstić information content (AvgIpc) is 3.28. The number of rotatable bonds is 4. The first-order valence-electron chi connectivity index (χ1n) is 8.66. The van der Waals surface area contributed by atoms with Crippen LogP contribution in [-0.2, 0) is 19.1 Å². The molecule has 140 valence electrons. The molecule has 8 heteroatoms. The van der Waals surface area contributed by atoms with Crippen LogP contribution in [0.15, 0.2) is 48.5 Å². The molecule has 0 amide bonds. The third-order valence-electron chi connectivity index (χ3n) is 5.00. The third kappa shape index (κ3) is 3.44. The lowest BCUT2D eigenvalue weighted by Crippen LogP contribution is -2.24. The lowest BCUT2D eigenvalue weighted by molar-refractivity contribution is -0.137. The molecule has 0 bridgehead atoms. The van der Waals surface area contributed by atoms with Crippen LogP contribution in [0.2, 0.25) is 0 Å². The van der Waals surface area contributed by atoms with Crippen molar-refractivity contribution < 1.29 is 13.2 Å². The second kappa shape index (κ2) is 6.77. The van der Waals surface area contributed by atoms with E-state index in [1.165, 1.54) is 27.9 Å². The Kier molecular flexibility index (Phi) is 4.43. The van der Waals surface area contributed by atoms with Crippen molar-refractivity contribution in [2.75, 3.05) is 7.05 Å². The number of hydrogen-bond acceptors (Lipinski definition) is 4. The van der Waals surface area contributed by atoms with Gasteiger partial charge in [0.2, 0.25) is 0 Å². The first kappa shape index (κ1) is 17.7. The monoisotopic (exact) mass is 373 g/mol. The standard InChI is InChI=1S/C19H18F3N5/c1-26(17-11-6-13-4-2-3-5-16(13)17)12-18-23-24-25-27(18)15-9-7-14(8-10-15)19(20,21)22/h2-5,7-10,17H,6,11-12H2,1H3. The minimum atomic E-state index is -4.36. The summed E-state index contributed by atoms with van der Waals surface area (Å²) in [7, 11) is 2.01. The van der Waals surface area contributed by atoms with E-state index in [0.717, 1.165) is 25.0 Å². The second-order valence-electron chi connectivity index (χ2n) is 6.72. The summed E-state index contributed by atoms with van der Waals surface area (Å²) in [6.45, 7) is 0.493. The quantitative estimate of drug-likeness (QED) is 0.698. The van der Waals surface area contributed by atoms with Gasteiger partial charge in [-0.2, -0.15) is 17.9 Å². The predicted octanol–water partition coefficient (Wildman–Crippen LogP) is 3.80. The van der Waals surface area contributed by atoms with Crippen molar-refractivity contribution in [1.29, 1.82) is 0 Å². The Bertz CT molecular complexity index is 933. The molecular formula is C19H18F3N5.